The summed E-state index contributed by atoms with van der Waals surface area (Å²) in [4.78, 5) is 29.1. The van der Waals surface area contributed by atoms with E-state index in [-0.39, 0.29) is 11.6 Å². The van der Waals surface area contributed by atoms with Crippen LogP contribution in [0.1, 0.15) is 26.3 Å². The molecule has 1 aliphatic heterocycles. The summed E-state index contributed by atoms with van der Waals surface area (Å²) in [7, 11) is 1.56. The van der Waals surface area contributed by atoms with Crippen LogP contribution in [-0.2, 0) is 5.54 Å². The van der Waals surface area contributed by atoms with Crippen LogP contribution in [-0.4, -0.2) is 49.8 Å². The van der Waals surface area contributed by atoms with Crippen molar-refractivity contribution in [3.8, 4) is 5.75 Å². The molecule has 1 unspecified atom stereocenters. The van der Waals surface area contributed by atoms with E-state index in [2.05, 4.69) is 5.32 Å². The molecule has 0 amide bonds. The van der Waals surface area contributed by atoms with E-state index in [0.29, 0.717) is 30.0 Å². The van der Waals surface area contributed by atoms with Gasteiger partial charge in [-0.1, -0.05) is 30.3 Å². The molecule has 1 aliphatic carbocycles. The van der Waals surface area contributed by atoms with Crippen LogP contribution in [0.3, 0.4) is 0 Å². The topological polar surface area (TPSA) is 58.6 Å². The number of ketones is 2. The minimum Gasteiger partial charge on any atom is -0.497 e. The summed E-state index contributed by atoms with van der Waals surface area (Å²) < 4.78 is 5.26. The zero-order chi connectivity index (χ0) is 17.4. The summed E-state index contributed by atoms with van der Waals surface area (Å²) in [6, 6.07) is 14.5. The molecule has 0 spiro atoms. The lowest BCUT2D eigenvalue weighted by atomic mass is 9.82. The highest BCUT2D eigenvalue weighted by atomic mass is 16.5. The second kappa shape index (κ2) is 6.10. The Hall–Kier alpha value is -2.50. The van der Waals surface area contributed by atoms with Gasteiger partial charge in [0.1, 0.15) is 5.75 Å². The summed E-state index contributed by atoms with van der Waals surface area (Å²) in [6.45, 7) is 2.82. The van der Waals surface area contributed by atoms with Gasteiger partial charge in [-0.3, -0.25) is 14.5 Å². The van der Waals surface area contributed by atoms with Gasteiger partial charge in [0.05, 0.1) is 7.11 Å². The molecule has 128 valence electrons. The molecule has 0 saturated carbocycles. The lowest BCUT2D eigenvalue weighted by molar-refractivity contribution is 0.0443. The number of ether oxygens (including phenoxy) is 1. The van der Waals surface area contributed by atoms with E-state index in [9.17, 15) is 9.59 Å². The SMILES string of the molecule is COc1ccc2c(c1)C(=O)C(c1ccccc1)(N1CCNCC1)C2=O. The van der Waals surface area contributed by atoms with Crippen LogP contribution in [0.15, 0.2) is 48.5 Å². The summed E-state index contributed by atoms with van der Waals surface area (Å²) in [5, 5.41) is 3.29. The van der Waals surface area contributed by atoms with E-state index in [1.54, 1.807) is 25.3 Å². The normalized spacial score (nSPS) is 23.6. The molecular weight excluding hydrogens is 316 g/mol. The Bertz CT molecular complexity index is 828. The smallest absolute Gasteiger partial charge is 0.196 e. The zero-order valence-electron chi connectivity index (χ0n) is 14.1. The average Bonchev–Trinajstić information content (AvgIpc) is 2.91. The number of rotatable bonds is 3. The summed E-state index contributed by atoms with van der Waals surface area (Å²) in [5.74, 6) is 0.298. The van der Waals surface area contributed by atoms with Crippen molar-refractivity contribution in [3.05, 3.63) is 65.2 Å². The zero-order valence-corrected chi connectivity index (χ0v) is 14.1. The van der Waals surface area contributed by atoms with Gasteiger partial charge in [-0.05, 0) is 23.8 Å². The van der Waals surface area contributed by atoms with Crippen LogP contribution in [0.4, 0.5) is 0 Å². The van der Waals surface area contributed by atoms with Gasteiger partial charge in [0.25, 0.3) is 0 Å². The maximum absolute atomic E-state index is 13.6. The number of nitrogens with one attached hydrogen (secondary N) is 1. The minimum atomic E-state index is -1.27. The maximum Gasteiger partial charge on any atom is 0.196 e. The first kappa shape index (κ1) is 16.0. The summed E-state index contributed by atoms with van der Waals surface area (Å²) in [6.07, 6.45) is 0. The van der Waals surface area contributed by atoms with Gasteiger partial charge in [0, 0.05) is 37.3 Å². The molecule has 0 radical (unpaired) electrons. The Morgan fingerprint density at radius 3 is 2.32 bits per heavy atom. The van der Waals surface area contributed by atoms with Crippen molar-refractivity contribution in [1.29, 1.82) is 0 Å². The number of carbonyl (C=O) groups is 2. The molecule has 1 saturated heterocycles. The molecule has 1 atom stereocenters. The van der Waals surface area contributed by atoms with Gasteiger partial charge >= 0.3 is 0 Å². The number of Topliss-reactive ketones (excluding diaryl/α,β-unsaturated/α-hetero) is 2. The molecule has 2 aromatic carbocycles. The van der Waals surface area contributed by atoms with Crippen LogP contribution in [0.5, 0.6) is 5.75 Å². The van der Waals surface area contributed by atoms with Gasteiger partial charge in [-0.2, -0.15) is 0 Å². The number of nitrogens with zero attached hydrogens (tertiary/aromatic N) is 1. The second-order valence-electron chi connectivity index (χ2n) is 6.38. The Balaban J connectivity index is 1.93. The van der Waals surface area contributed by atoms with E-state index in [1.807, 2.05) is 35.2 Å². The highest BCUT2D eigenvalue weighted by Gasteiger charge is 2.58. The first-order valence-electron chi connectivity index (χ1n) is 8.48. The number of fused-ring (bicyclic) bond motifs is 1. The van der Waals surface area contributed by atoms with Crippen molar-refractivity contribution >= 4 is 11.6 Å². The fourth-order valence-corrected chi connectivity index (χ4v) is 3.94. The van der Waals surface area contributed by atoms with Crippen molar-refractivity contribution in [3.63, 3.8) is 0 Å². The maximum atomic E-state index is 13.6. The van der Waals surface area contributed by atoms with Crippen molar-refractivity contribution < 1.29 is 14.3 Å². The third kappa shape index (κ3) is 2.23. The van der Waals surface area contributed by atoms with Crippen molar-refractivity contribution in [2.75, 3.05) is 33.3 Å². The molecule has 4 rings (SSSR count). The molecule has 2 aliphatic rings. The predicted octanol–water partition coefficient (Wildman–Crippen LogP) is 1.87. The molecular formula is C20H20N2O3. The largest absolute Gasteiger partial charge is 0.497 e. The third-order valence-corrected chi connectivity index (χ3v) is 5.16. The van der Waals surface area contributed by atoms with Crippen LogP contribution in [0.2, 0.25) is 0 Å². The molecule has 0 bridgehead atoms. The van der Waals surface area contributed by atoms with Crippen LogP contribution >= 0.6 is 0 Å². The van der Waals surface area contributed by atoms with Crippen molar-refractivity contribution in [2.45, 2.75) is 5.54 Å². The Kier molecular flexibility index (Phi) is 3.90. The molecule has 2 aromatic rings. The highest BCUT2D eigenvalue weighted by molar-refractivity contribution is 6.33. The van der Waals surface area contributed by atoms with Gasteiger partial charge in [0.2, 0.25) is 0 Å². The Morgan fingerprint density at radius 1 is 0.960 bits per heavy atom. The van der Waals surface area contributed by atoms with Gasteiger partial charge in [-0.25, -0.2) is 0 Å². The highest BCUT2D eigenvalue weighted by Crippen LogP contribution is 2.43. The van der Waals surface area contributed by atoms with Gasteiger partial charge in [-0.15, -0.1) is 0 Å². The molecule has 1 fully saturated rings. The average molecular weight is 336 g/mol. The molecule has 5 nitrogen and oxygen atoms in total. The quantitative estimate of drug-likeness (QED) is 0.867. The summed E-state index contributed by atoms with van der Waals surface area (Å²) >= 11 is 0. The van der Waals surface area contributed by atoms with Crippen LogP contribution in [0.25, 0.3) is 0 Å². The molecule has 1 N–H and O–H groups in total. The minimum absolute atomic E-state index is 0.136. The lowest BCUT2D eigenvalue weighted by Gasteiger charge is -2.41. The summed E-state index contributed by atoms with van der Waals surface area (Å²) in [5.41, 5.74) is 0.403. The third-order valence-electron chi connectivity index (χ3n) is 5.16. The standard InChI is InChI=1S/C20H20N2O3/c1-25-15-7-8-16-17(13-15)19(24)20(18(16)23,14-5-3-2-4-6-14)22-11-9-21-10-12-22/h2-8,13,21H,9-12H2,1H3. The monoisotopic (exact) mass is 336 g/mol. The van der Waals surface area contributed by atoms with E-state index >= 15 is 0 Å². The van der Waals surface area contributed by atoms with E-state index in [4.69, 9.17) is 4.74 Å². The Morgan fingerprint density at radius 2 is 1.64 bits per heavy atom. The number of methoxy groups -OCH3 is 1. The fraction of sp³-hybridized carbons (Fsp3) is 0.300. The number of carbonyl (C=O) groups excluding carboxylic acids is 2. The number of benzene rings is 2. The van der Waals surface area contributed by atoms with Gasteiger partial charge in [0.15, 0.2) is 17.1 Å². The molecule has 0 aromatic heterocycles. The molecule has 1 heterocycles. The van der Waals surface area contributed by atoms with E-state index in [0.717, 1.165) is 18.7 Å². The first-order chi connectivity index (χ1) is 12.2. The number of hydrogen-bond donors (Lipinski definition) is 1. The molecule has 5 heteroatoms. The molecule has 25 heavy (non-hydrogen) atoms. The fourth-order valence-electron chi connectivity index (χ4n) is 3.94. The number of hydrogen-bond acceptors (Lipinski definition) is 5. The van der Waals surface area contributed by atoms with Gasteiger partial charge < -0.3 is 10.1 Å². The van der Waals surface area contributed by atoms with E-state index < -0.39 is 5.54 Å². The second-order valence-corrected chi connectivity index (χ2v) is 6.38. The van der Waals surface area contributed by atoms with E-state index in [1.165, 1.54) is 0 Å². The first-order valence-corrected chi connectivity index (χ1v) is 8.48. The van der Waals surface area contributed by atoms with Crippen LogP contribution < -0.4 is 10.1 Å². The van der Waals surface area contributed by atoms with Crippen molar-refractivity contribution in [1.82, 2.24) is 10.2 Å². The van der Waals surface area contributed by atoms with Crippen molar-refractivity contribution in [2.24, 2.45) is 0 Å². The lowest BCUT2D eigenvalue weighted by Crippen LogP contribution is -2.59. The Labute approximate surface area is 146 Å². The predicted molar refractivity (Wildman–Crippen MR) is 94.2 cm³/mol. The van der Waals surface area contributed by atoms with Crippen LogP contribution in [0, 0.1) is 0 Å². The number of piperazine rings is 1.